The number of carbonyl (C=O) groups excluding carboxylic acids is 1. The molecular formula is C21H23N7O3S. The van der Waals surface area contributed by atoms with Gasteiger partial charge in [0, 0.05) is 32.2 Å². The Hall–Kier alpha value is -3.47. The highest BCUT2D eigenvalue weighted by atomic mass is 32.2. The molecule has 0 saturated carbocycles. The van der Waals surface area contributed by atoms with E-state index in [9.17, 15) is 14.9 Å². The molecule has 0 N–H and O–H groups in total. The first kappa shape index (κ1) is 21.8. The van der Waals surface area contributed by atoms with Crippen LogP contribution in [-0.4, -0.2) is 67.9 Å². The molecule has 1 aliphatic heterocycles. The molecule has 4 rings (SSSR count). The standard InChI is InChI=1S/C21H23N7O3S/c1-15-6-5-9-17(16(15)2)27-21(22-23-24-27)32-14-20(29)26-12-10-25(11-13-26)18-7-3-4-8-19(18)28(30)31/h3-9H,10-14H2,1-2H3. The lowest BCUT2D eigenvalue weighted by molar-refractivity contribution is -0.384. The average Bonchev–Trinajstić information content (AvgIpc) is 3.27. The number of nitro groups is 1. The van der Waals surface area contributed by atoms with Crippen molar-refractivity contribution in [2.45, 2.75) is 19.0 Å². The van der Waals surface area contributed by atoms with E-state index in [0.717, 1.165) is 16.8 Å². The minimum absolute atomic E-state index is 0.00674. The highest BCUT2D eigenvalue weighted by molar-refractivity contribution is 7.99. The zero-order valence-electron chi connectivity index (χ0n) is 17.8. The molecule has 0 spiro atoms. The molecule has 1 fully saturated rings. The Morgan fingerprint density at radius 3 is 2.53 bits per heavy atom. The van der Waals surface area contributed by atoms with Crippen molar-refractivity contribution in [2.75, 3.05) is 36.8 Å². The van der Waals surface area contributed by atoms with Crippen LogP contribution in [0.4, 0.5) is 11.4 Å². The van der Waals surface area contributed by atoms with Gasteiger partial charge in [0.1, 0.15) is 5.69 Å². The predicted molar refractivity (Wildman–Crippen MR) is 121 cm³/mol. The number of rotatable bonds is 6. The highest BCUT2D eigenvalue weighted by Crippen LogP contribution is 2.28. The number of hydrogen-bond acceptors (Lipinski definition) is 8. The first-order valence-electron chi connectivity index (χ1n) is 10.2. The minimum atomic E-state index is -0.371. The average molecular weight is 454 g/mol. The number of thioether (sulfide) groups is 1. The fourth-order valence-corrected chi connectivity index (χ4v) is 4.47. The fraction of sp³-hybridized carbons (Fsp3) is 0.333. The number of amides is 1. The number of nitrogens with zero attached hydrogens (tertiary/aromatic N) is 7. The number of piperazine rings is 1. The number of aryl methyl sites for hydroxylation is 1. The normalized spacial score (nSPS) is 13.9. The monoisotopic (exact) mass is 453 g/mol. The van der Waals surface area contributed by atoms with Crippen molar-refractivity contribution in [2.24, 2.45) is 0 Å². The molecule has 1 saturated heterocycles. The summed E-state index contributed by atoms with van der Waals surface area (Å²) in [6, 6.07) is 12.6. The number of benzene rings is 2. The molecule has 0 atom stereocenters. The summed E-state index contributed by atoms with van der Waals surface area (Å²) < 4.78 is 1.66. The molecule has 11 heteroatoms. The van der Waals surface area contributed by atoms with Gasteiger partial charge in [0.2, 0.25) is 11.1 Å². The molecule has 2 heterocycles. The van der Waals surface area contributed by atoms with E-state index < -0.39 is 0 Å². The SMILES string of the molecule is Cc1cccc(-n2nnnc2SCC(=O)N2CCN(c3ccccc3[N+](=O)[O-])CC2)c1C. The van der Waals surface area contributed by atoms with Crippen LogP contribution in [0.3, 0.4) is 0 Å². The number of anilines is 1. The maximum atomic E-state index is 12.8. The quantitative estimate of drug-likeness (QED) is 0.318. The number of nitro benzene ring substituents is 1. The van der Waals surface area contributed by atoms with Crippen LogP contribution in [-0.2, 0) is 4.79 Å². The Bertz CT molecular complexity index is 1140. The van der Waals surface area contributed by atoms with Crippen LogP contribution in [0, 0.1) is 24.0 Å². The third kappa shape index (κ3) is 4.42. The van der Waals surface area contributed by atoms with Crippen molar-refractivity contribution in [3.05, 3.63) is 63.7 Å². The van der Waals surface area contributed by atoms with Crippen molar-refractivity contribution in [3.8, 4) is 5.69 Å². The van der Waals surface area contributed by atoms with Crippen LogP contribution >= 0.6 is 11.8 Å². The van der Waals surface area contributed by atoms with Gasteiger partial charge in [0.05, 0.1) is 16.4 Å². The lowest BCUT2D eigenvalue weighted by atomic mass is 10.1. The Morgan fingerprint density at radius 1 is 1.06 bits per heavy atom. The van der Waals surface area contributed by atoms with Gasteiger partial charge in [-0.3, -0.25) is 14.9 Å². The molecule has 32 heavy (non-hydrogen) atoms. The van der Waals surface area contributed by atoms with Gasteiger partial charge in [0.15, 0.2) is 0 Å². The van der Waals surface area contributed by atoms with Gasteiger partial charge in [-0.25, -0.2) is 0 Å². The minimum Gasteiger partial charge on any atom is -0.362 e. The molecule has 10 nitrogen and oxygen atoms in total. The fourth-order valence-electron chi connectivity index (χ4n) is 3.69. The smallest absolute Gasteiger partial charge is 0.292 e. The van der Waals surface area contributed by atoms with E-state index in [1.165, 1.54) is 17.8 Å². The molecule has 3 aromatic rings. The van der Waals surface area contributed by atoms with Gasteiger partial charge in [-0.2, -0.15) is 4.68 Å². The summed E-state index contributed by atoms with van der Waals surface area (Å²) in [5.41, 5.74) is 3.79. The van der Waals surface area contributed by atoms with Crippen LogP contribution in [0.25, 0.3) is 5.69 Å². The van der Waals surface area contributed by atoms with Crippen molar-refractivity contribution < 1.29 is 9.72 Å². The van der Waals surface area contributed by atoms with E-state index in [-0.39, 0.29) is 22.3 Å². The topological polar surface area (TPSA) is 110 Å². The summed E-state index contributed by atoms with van der Waals surface area (Å²) in [7, 11) is 0. The Balaban J connectivity index is 1.37. The molecule has 166 valence electrons. The summed E-state index contributed by atoms with van der Waals surface area (Å²) >= 11 is 1.30. The number of carbonyl (C=O) groups is 1. The van der Waals surface area contributed by atoms with Crippen molar-refractivity contribution >= 4 is 29.0 Å². The maximum absolute atomic E-state index is 12.8. The number of tetrazole rings is 1. The lowest BCUT2D eigenvalue weighted by Gasteiger charge is -2.35. The van der Waals surface area contributed by atoms with Crippen molar-refractivity contribution in [3.63, 3.8) is 0 Å². The van der Waals surface area contributed by atoms with Crippen molar-refractivity contribution in [1.29, 1.82) is 0 Å². The second-order valence-electron chi connectivity index (χ2n) is 7.49. The van der Waals surface area contributed by atoms with Crippen LogP contribution in [0.1, 0.15) is 11.1 Å². The maximum Gasteiger partial charge on any atom is 0.292 e. The van der Waals surface area contributed by atoms with Crippen LogP contribution in [0.2, 0.25) is 0 Å². The summed E-state index contributed by atoms with van der Waals surface area (Å²) in [6.07, 6.45) is 0. The van der Waals surface area contributed by atoms with E-state index >= 15 is 0 Å². The number of aromatic nitrogens is 4. The number of para-hydroxylation sites is 2. The Morgan fingerprint density at radius 2 is 1.78 bits per heavy atom. The third-order valence-corrected chi connectivity index (χ3v) is 6.53. The molecule has 1 aliphatic rings. The Kier molecular flexibility index (Phi) is 6.35. The second-order valence-corrected chi connectivity index (χ2v) is 8.44. The van der Waals surface area contributed by atoms with Gasteiger partial charge in [-0.1, -0.05) is 36.0 Å². The van der Waals surface area contributed by atoms with Crippen LogP contribution in [0.15, 0.2) is 47.6 Å². The van der Waals surface area contributed by atoms with Crippen LogP contribution in [0.5, 0.6) is 0 Å². The third-order valence-electron chi connectivity index (χ3n) is 5.62. The summed E-state index contributed by atoms with van der Waals surface area (Å²) in [5, 5.41) is 23.8. The predicted octanol–water partition coefficient (Wildman–Crippen LogP) is 2.63. The summed E-state index contributed by atoms with van der Waals surface area (Å²) in [6.45, 7) is 6.15. The molecule has 0 unspecified atom stereocenters. The molecule has 0 bridgehead atoms. The van der Waals surface area contributed by atoms with E-state index in [4.69, 9.17) is 0 Å². The zero-order chi connectivity index (χ0) is 22.7. The summed E-state index contributed by atoms with van der Waals surface area (Å²) in [4.78, 5) is 27.4. The first-order chi connectivity index (χ1) is 15.5. The molecule has 0 radical (unpaired) electrons. The van der Waals surface area contributed by atoms with E-state index in [2.05, 4.69) is 15.5 Å². The largest absolute Gasteiger partial charge is 0.362 e. The van der Waals surface area contributed by atoms with Gasteiger partial charge in [0.25, 0.3) is 5.69 Å². The van der Waals surface area contributed by atoms with Gasteiger partial charge in [-0.15, -0.1) is 5.10 Å². The van der Waals surface area contributed by atoms with Gasteiger partial charge in [-0.05, 0) is 47.5 Å². The summed E-state index contributed by atoms with van der Waals surface area (Å²) in [5.74, 6) is 0.212. The van der Waals surface area contributed by atoms with Gasteiger partial charge >= 0.3 is 0 Å². The molecule has 1 aromatic heterocycles. The second kappa shape index (κ2) is 9.35. The molecular weight excluding hydrogens is 430 g/mol. The lowest BCUT2D eigenvalue weighted by Crippen LogP contribution is -2.49. The van der Waals surface area contributed by atoms with E-state index in [0.29, 0.717) is 37.0 Å². The highest BCUT2D eigenvalue weighted by Gasteiger charge is 2.26. The molecule has 2 aromatic carbocycles. The Labute approximate surface area is 189 Å². The van der Waals surface area contributed by atoms with E-state index in [1.807, 2.05) is 36.9 Å². The van der Waals surface area contributed by atoms with Gasteiger partial charge < -0.3 is 9.80 Å². The number of hydrogen-bond donors (Lipinski definition) is 0. The van der Waals surface area contributed by atoms with E-state index in [1.54, 1.807) is 27.8 Å². The molecule has 0 aliphatic carbocycles. The first-order valence-corrected chi connectivity index (χ1v) is 11.2. The molecule has 1 amide bonds. The van der Waals surface area contributed by atoms with Crippen LogP contribution < -0.4 is 4.90 Å². The van der Waals surface area contributed by atoms with Crippen molar-refractivity contribution in [1.82, 2.24) is 25.1 Å². The zero-order valence-corrected chi connectivity index (χ0v) is 18.7.